The molecular weight excluding hydrogens is 282 g/mol. The summed E-state index contributed by atoms with van der Waals surface area (Å²) < 4.78 is 6.45. The average Bonchev–Trinajstić information content (AvgIpc) is 2.46. The molecule has 0 radical (unpaired) electrons. The zero-order chi connectivity index (χ0) is 14.0. The summed E-state index contributed by atoms with van der Waals surface area (Å²) in [6, 6.07) is 5.99. The van der Waals surface area contributed by atoms with Crippen LogP contribution in [-0.2, 0) is 0 Å². The number of rotatable bonds is 1. The van der Waals surface area contributed by atoms with Gasteiger partial charge in [0.1, 0.15) is 6.10 Å². The van der Waals surface area contributed by atoms with Gasteiger partial charge in [0.15, 0.2) is 5.75 Å². The first kappa shape index (κ1) is 12.6. The lowest BCUT2D eigenvalue weighted by Crippen LogP contribution is -2.56. The van der Waals surface area contributed by atoms with Crippen molar-refractivity contribution >= 4 is 17.3 Å². The zero-order valence-corrected chi connectivity index (χ0v) is 13.0. The van der Waals surface area contributed by atoms with E-state index in [9.17, 15) is 0 Å². The van der Waals surface area contributed by atoms with Gasteiger partial charge < -0.3 is 10.1 Å². The Morgan fingerprint density at radius 2 is 1.71 bits per heavy atom. The molecule has 0 amide bonds. The third-order valence-corrected chi connectivity index (χ3v) is 6.77. The van der Waals surface area contributed by atoms with Crippen LogP contribution in [0.25, 0.3) is 0 Å². The van der Waals surface area contributed by atoms with Crippen LogP contribution in [0.15, 0.2) is 18.2 Å². The van der Waals surface area contributed by atoms with Crippen LogP contribution in [0, 0.1) is 23.2 Å². The molecular formula is C18H22ClNO. The van der Waals surface area contributed by atoms with Crippen molar-refractivity contribution in [1.82, 2.24) is 0 Å². The van der Waals surface area contributed by atoms with Crippen LogP contribution >= 0.6 is 11.6 Å². The smallest absolute Gasteiger partial charge is 0.161 e. The second-order valence-electron chi connectivity index (χ2n) is 7.88. The topological polar surface area (TPSA) is 21.3 Å². The van der Waals surface area contributed by atoms with Gasteiger partial charge in [0, 0.05) is 5.41 Å². The molecule has 4 aliphatic carbocycles. The number of hydrogen-bond acceptors (Lipinski definition) is 2. The molecule has 1 aliphatic heterocycles. The van der Waals surface area contributed by atoms with Crippen molar-refractivity contribution in [3.63, 3.8) is 0 Å². The van der Waals surface area contributed by atoms with Gasteiger partial charge in [-0.3, -0.25) is 0 Å². The first-order valence-electron chi connectivity index (χ1n) is 8.41. The van der Waals surface area contributed by atoms with Crippen LogP contribution in [0.5, 0.6) is 5.75 Å². The maximum absolute atomic E-state index is 6.45. The minimum Gasteiger partial charge on any atom is -0.484 e. The van der Waals surface area contributed by atoms with Crippen LogP contribution < -0.4 is 10.1 Å². The maximum atomic E-state index is 6.45. The fourth-order valence-electron chi connectivity index (χ4n) is 6.07. The molecule has 4 saturated carbocycles. The fourth-order valence-corrected chi connectivity index (χ4v) is 6.29. The molecule has 1 aromatic rings. The molecule has 3 heteroatoms. The highest BCUT2D eigenvalue weighted by Gasteiger charge is 2.55. The van der Waals surface area contributed by atoms with Crippen LogP contribution in [-0.4, -0.2) is 12.6 Å². The largest absolute Gasteiger partial charge is 0.484 e. The molecule has 2 nitrogen and oxygen atoms in total. The number of nitrogens with one attached hydrogen (secondary N) is 1. The van der Waals surface area contributed by atoms with Gasteiger partial charge >= 0.3 is 0 Å². The predicted octanol–water partition coefficient (Wildman–Crippen LogP) is 4.73. The minimum absolute atomic E-state index is 0.304. The summed E-state index contributed by atoms with van der Waals surface area (Å²) in [6.45, 7) is 0.944. The quantitative estimate of drug-likeness (QED) is 0.810. The lowest BCUT2D eigenvalue weighted by molar-refractivity contribution is -0.108. The molecule has 6 rings (SSSR count). The zero-order valence-electron chi connectivity index (χ0n) is 12.3. The molecule has 5 aliphatic rings. The summed E-state index contributed by atoms with van der Waals surface area (Å²) in [5.41, 5.74) is 1.47. The van der Waals surface area contributed by atoms with Gasteiger partial charge in [-0.1, -0.05) is 17.7 Å². The Bertz CT molecular complexity index is 549. The Labute approximate surface area is 131 Å². The molecule has 0 spiro atoms. The molecule has 1 heterocycles. The molecule has 1 atom stereocenters. The normalized spacial score (nSPS) is 43.1. The molecule has 1 unspecified atom stereocenters. The average molecular weight is 304 g/mol. The van der Waals surface area contributed by atoms with E-state index in [1.165, 1.54) is 38.5 Å². The molecule has 0 aromatic heterocycles. The Balaban J connectivity index is 1.48. The summed E-state index contributed by atoms with van der Waals surface area (Å²) in [5.74, 6) is 3.78. The molecule has 1 aromatic carbocycles. The van der Waals surface area contributed by atoms with E-state index in [1.807, 2.05) is 12.1 Å². The van der Waals surface area contributed by atoms with Gasteiger partial charge in [-0.2, -0.15) is 0 Å². The van der Waals surface area contributed by atoms with E-state index >= 15 is 0 Å². The molecule has 0 saturated heterocycles. The van der Waals surface area contributed by atoms with E-state index in [1.54, 1.807) is 0 Å². The van der Waals surface area contributed by atoms with Crippen molar-refractivity contribution in [2.45, 2.75) is 44.6 Å². The van der Waals surface area contributed by atoms with E-state index in [0.29, 0.717) is 11.5 Å². The number of ether oxygens (including phenoxy) is 1. The lowest BCUT2D eigenvalue weighted by atomic mass is 9.48. The van der Waals surface area contributed by atoms with E-state index < -0.39 is 0 Å². The highest BCUT2D eigenvalue weighted by Crippen LogP contribution is 2.62. The van der Waals surface area contributed by atoms with E-state index in [-0.39, 0.29) is 0 Å². The van der Waals surface area contributed by atoms with Gasteiger partial charge in [0.25, 0.3) is 0 Å². The van der Waals surface area contributed by atoms with E-state index in [0.717, 1.165) is 40.8 Å². The van der Waals surface area contributed by atoms with Gasteiger partial charge in [0.05, 0.1) is 17.3 Å². The van der Waals surface area contributed by atoms with Gasteiger partial charge in [-0.15, -0.1) is 0 Å². The molecule has 112 valence electrons. The number of anilines is 1. The SMILES string of the molecule is Clc1cccc2c1OC(C13CC4CC(CC(C4)C1)C3)CN2. The maximum Gasteiger partial charge on any atom is 0.161 e. The summed E-state index contributed by atoms with van der Waals surface area (Å²) >= 11 is 6.35. The first-order chi connectivity index (χ1) is 10.2. The summed E-state index contributed by atoms with van der Waals surface area (Å²) in [6.07, 6.45) is 8.89. The lowest BCUT2D eigenvalue weighted by Gasteiger charge is -2.59. The van der Waals surface area contributed by atoms with Crippen molar-refractivity contribution in [1.29, 1.82) is 0 Å². The van der Waals surface area contributed by atoms with Crippen molar-refractivity contribution < 1.29 is 4.74 Å². The number of halogens is 1. The molecule has 4 bridgehead atoms. The standard InChI is InChI=1S/C18H22ClNO/c19-14-2-1-3-15-17(14)21-16(10-20-15)18-7-11-4-12(8-18)6-13(5-11)9-18/h1-3,11-13,16,20H,4-10H2. The number of hydrogen-bond donors (Lipinski definition) is 1. The van der Waals surface area contributed by atoms with Crippen LogP contribution in [0.3, 0.4) is 0 Å². The fraction of sp³-hybridized carbons (Fsp3) is 0.667. The molecule has 4 fully saturated rings. The van der Waals surface area contributed by atoms with Crippen LogP contribution in [0.1, 0.15) is 38.5 Å². The third-order valence-electron chi connectivity index (χ3n) is 6.47. The molecule has 21 heavy (non-hydrogen) atoms. The van der Waals surface area contributed by atoms with Crippen molar-refractivity contribution in [3.05, 3.63) is 23.2 Å². The second-order valence-corrected chi connectivity index (χ2v) is 8.29. The predicted molar refractivity (Wildman–Crippen MR) is 85.0 cm³/mol. The Hall–Kier alpha value is -0.890. The number of benzene rings is 1. The number of fused-ring (bicyclic) bond motifs is 1. The van der Waals surface area contributed by atoms with Gasteiger partial charge in [0.2, 0.25) is 0 Å². The summed E-state index contributed by atoms with van der Waals surface area (Å²) in [7, 11) is 0. The Morgan fingerprint density at radius 1 is 1.05 bits per heavy atom. The second kappa shape index (κ2) is 4.32. The van der Waals surface area contributed by atoms with Crippen molar-refractivity contribution in [3.8, 4) is 5.75 Å². The van der Waals surface area contributed by atoms with Crippen molar-refractivity contribution in [2.75, 3.05) is 11.9 Å². The monoisotopic (exact) mass is 303 g/mol. The van der Waals surface area contributed by atoms with E-state index in [4.69, 9.17) is 16.3 Å². The Kier molecular flexibility index (Phi) is 2.60. The Morgan fingerprint density at radius 3 is 2.38 bits per heavy atom. The number of para-hydroxylation sites is 1. The summed E-state index contributed by atoms with van der Waals surface area (Å²) in [4.78, 5) is 0. The summed E-state index contributed by atoms with van der Waals surface area (Å²) in [5, 5.41) is 4.31. The first-order valence-corrected chi connectivity index (χ1v) is 8.79. The minimum atomic E-state index is 0.304. The highest BCUT2D eigenvalue weighted by atomic mass is 35.5. The highest BCUT2D eigenvalue weighted by molar-refractivity contribution is 6.32. The van der Waals surface area contributed by atoms with Crippen LogP contribution in [0.4, 0.5) is 5.69 Å². The molecule has 1 N–H and O–H groups in total. The third kappa shape index (κ3) is 1.84. The van der Waals surface area contributed by atoms with Gasteiger partial charge in [-0.05, 0) is 68.4 Å². The van der Waals surface area contributed by atoms with Crippen LogP contribution in [0.2, 0.25) is 5.02 Å². The van der Waals surface area contributed by atoms with Crippen molar-refractivity contribution in [2.24, 2.45) is 23.2 Å². The van der Waals surface area contributed by atoms with E-state index in [2.05, 4.69) is 11.4 Å². The van der Waals surface area contributed by atoms with Gasteiger partial charge in [-0.25, -0.2) is 0 Å².